The Morgan fingerprint density at radius 2 is 1.85 bits per heavy atom. The molecule has 0 radical (unpaired) electrons. The lowest BCUT2D eigenvalue weighted by atomic mass is 10.1. The largest absolute Gasteiger partial charge is 0.491 e. The summed E-state index contributed by atoms with van der Waals surface area (Å²) in [5, 5.41) is 4.44. The van der Waals surface area contributed by atoms with Gasteiger partial charge in [0.15, 0.2) is 0 Å². The van der Waals surface area contributed by atoms with Crippen molar-refractivity contribution in [3.05, 3.63) is 40.7 Å². The second-order valence-corrected chi connectivity index (χ2v) is 8.73. The summed E-state index contributed by atoms with van der Waals surface area (Å²) in [6.45, 7) is 10.1. The average Bonchev–Trinajstić information content (AvgIpc) is 2.93. The lowest BCUT2D eigenvalue weighted by molar-refractivity contribution is 0.0730. The maximum atomic E-state index is 13.0. The Kier molecular flexibility index (Phi) is 5.88. The minimum absolute atomic E-state index is 0.302. The molecule has 1 aliphatic heterocycles. The first-order chi connectivity index (χ1) is 12.8. The number of nitrogens with zero attached hydrogens (tertiary/aromatic N) is 3. The van der Waals surface area contributed by atoms with E-state index in [1.807, 2.05) is 32.0 Å². The smallest absolute Gasteiger partial charge is 0.246 e. The van der Waals surface area contributed by atoms with Crippen molar-refractivity contribution >= 4 is 10.0 Å². The molecule has 1 saturated heterocycles. The number of hydrogen-bond donors (Lipinski definition) is 0. The molecule has 8 heteroatoms. The van der Waals surface area contributed by atoms with E-state index in [9.17, 15) is 8.42 Å². The van der Waals surface area contributed by atoms with Crippen molar-refractivity contribution in [1.29, 1.82) is 0 Å². The third-order valence-electron chi connectivity index (χ3n) is 4.79. The number of sulfonamides is 1. The van der Waals surface area contributed by atoms with Gasteiger partial charge in [0.2, 0.25) is 10.0 Å². The van der Waals surface area contributed by atoms with E-state index in [-0.39, 0.29) is 0 Å². The Morgan fingerprint density at radius 3 is 2.56 bits per heavy atom. The minimum Gasteiger partial charge on any atom is -0.491 e. The van der Waals surface area contributed by atoms with Crippen molar-refractivity contribution in [2.45, 2.75) is 39.1 Å². The molecule has 1 aromatic heterocycles. The lowest BCUT2D eigenvalue weighted by Crippen LogP contribution is -2.41. The summed E-state index contributed by atoms with van der Waals surface area (Å²) in [5.41, 5.74) is 3.37. The van der Waals surface area contributed by atoms with Gasteiger partial charge in [-0.15, -0.1) is 0 Å². The quantitative estimate of drug-likeness (QED) is 0.752. The Morgan fingerprint density at radius 1 is 1.15 bits per heavy atom. The molecule has 0 spiro atoms. The first-order valence-corrected chi connectivity index (χ1v) is 10.6. The fourth-order valence-electron chi connectivity index (χ4n) is 3.29. The van der Waals surface area contributed by atoms with E-state index in [0.717, 1.165) is 16.9 Å². The monoisotopic (exact) mass is 393 g/mol. The van der Waals surface area contributed by atoms with Gasteiger partial charge in [0.1, 0.15) is 17.3 Å². The molecule has 0 unspecified atom stereocenters. The highest BCUT2D eigenvalue weighted by molar-refractivity contribution is 7.89. The molecule has 0 saturated carbocycles. The van der Waals surface area contributed by atoms with Crippen LogP contribution < -0.4 is 4.74 Å². The molecule has 1 aliphatic rings. The van der Waals surface area contributed by atoms with Crippen LogP contribution in [0, 0.1) is 27.7 Å². The van der Waals surface area contributed by atoms with Crippen molar-refractivity contribution in [3.8, 4) is 5.75 Å². The van der Waals surface area contributed by atoms with E-state index in [4.69, 9.17) is 9.47 Å². The summed E-state index contributed by atoms with van der Waals surface area (Å²) < 4.78 is 40.4. The fourth-order valence-corrected chi connectivity index (χ4v) is 5.07. The summed E-state index contributed by atoms with van der Waals surface area (Å²) in [4.78, 5) is 0.302. The van der Waals surface area contributed by atoms with Crippen molar-refractivity contribution in [2.24, 2.45) is 0 Å². The number of benzene rings is 1. The Labute approximate surface area is 160 Å². The maximum Gasteiger partial charge on any atom is 0.246 e. The van der Waals surface area contributed by atoms with Crippen LogP contribution in [0.5, 0.6) is 5.75 Å². The number of hydrogen-bond acceptors (Lipinski definition) is 5. The van der Waals surface area contributed by atoms with E-state index in [1.165, 1.54) is 4.31 Å². The van der Waals surface area contributed by atoms with Crippen LogP contribution in [0.3, 0.4) is 0 Å². The first-order valence-electron chi connectivity index (χ1n) is 9.12. The summed E-state index contributed by atoms with van der Waals surface area (Å²) in [6.07, 6.45) is 0. The van der Waals surface area contributed by atoms with Gasteiger partial charge in [-0.1, -0.05) is 12.1 Å². The zero-order valence-electron chi connectivity index (χ0n) is 16.4. The molecule has 0 atom stereocenters. The van der Waals surface area contributed by atoms with Crippen molar-refractivity contribution in [3.63, 3.8) is 0 Å². The number of ether oxygens (including phenoxy) is 2. The van der Waals surface area contributed by atoms with Gasteiger partial charge in [-0.25, -0.2) is 8.42 Å². The van der Waals surface area contributed by atoms with Crippen LogP contribution in [0.25, 0.3) is 0 Å². The van der Waals surface area contributed by atoms with Gasteiger partial charge in [0.05, 0.1) is 31.1 Å². The summed E-state index contributed by atoms with van der Waals surface area (Å²) in [5.74, 6) is 0.845. The van der Waals surface area contributed by atoms with Gasteiger partial charge in [-0.3, -0.25) is 4.68 Å². The molecule has 2 heterocycles. The zero-order valence-corrected chi connectivity index (χ0v) is 17.2. The third kappa shape index (κ3) is 4.17. The van der Waals surface area contributed by atoms with Crippen LogP contribution in [0.1, 0.15) is 22.5 Å². The average molecular weight is 394 g/mol. The molecule has 0 bridgehead atoms. The molecular weight excluding hydrogens is 366 g/mol. The van der Waals surface area contributed by atoms with Gasteiger partial charge in [0.25, 0.3) is 0 Å². The van der Waals surface area contributed by atoms with Crippen molar-refractivity contribution < 1.29 is 17.9 Å². The van der Waals surface area contributed by atoms with Crippen LogP contribution in [0.2, 0.25) is 0 Å². The third-order valence-corrected chi connectivity index (χ3v) is 6.94. The number of morpholine rings is 1. The topological polar surface area (TPSA) is 73.7 Å². The van der Waals surface area contributed by atoms with Crippen molar-refractivity contribution in [1.82, 2.24) is 14.1 Å². The summed E-state index contributed by atoms with van der Waals surface area (Å²) in [6, 6.07) is 6.08. The highest BCUT2D eigenvalue weighted by Gasteiger charge is 2.31. The van der Waals surface area contributed by atoms with E-state index in [1.54, 1.807) is 18.5 Å². The zero-order chi connectivity index (χ0) is 19.6. The first kappa shape index (κ1) is 19.9. The molecule has 0 N–H and O–H groups in total. The molecule has 0 aliphatic carbocycles. The SMILES string of the molecule is Cc1ccc(C)c(OCCn2nc(C)c(S(=O)(=O)N3CCOCC3)c2C)c1. The molecular formula is C19H27N3O4S. The van der Waals surface area contributed by atoms with Gasteiger partial charge in [-0.05, 0) is 44.9 Å². The molecule has 27 heavy (non-hydrogen) atoms. The van der Waals surface area contributed by atoms with E-state index < -0.39 is 10.0 Å². The van der Waals surface area contributed by atoms with E-state index >= 15 is 0 Å². The van der Waals surface area contributed by atoms with Crippen molar-refractivity contribution in [2.75, 3.05) is 32.9 Å². The second kappa shape index (κ2) is 8.00. The van der Waals surface area contributed by atoms with Crippen LogP contribution in [0.4, 0.5) is 0 Å². The molecule has 3 rings (SSSR count). The second-order valence-electron chi connectivity index (χ2n) is 6.86. The molecule has 148 valence electrons. The summed E-state index contributed by atoms with van der Waals surface area (Å²) in [7, 11) is -3.56. The van der Waals surface area contributed by atoms with Crippen LogP contribution >= 0.6 is 0 Å². The number of rotatable bonds is 6. The lowest BCUT2D eigenvalue weighted by Gasteiger charge is -2.26. The van der Waals surface area contributed by atoms with Crippen LogP contribution in [0.15, 0.2) is 23.1 Å². The normalized spacial score (nSPS) is 15.9. The van der Waals surface area contributed by atoms with Gasteiger partial charge < -0.3 is 9.47 Å². The molecule has 0 amide bonds. The predicted molar refractivity (Wildman–Crippen MR) is 103 cm³/mol. The highest BCUT2D eigenvalue weighted by atomic mass is 32.2. The Hall–Kier alpha value is -1.90. The van der Waals surface area contributed by atoms with E-state index in [0.29, 0.717) is 55.7 Å². The standard InChI is InChI=1S/C19H27N3O4S/c1-14-5-6-15(2)18(13-14)26-12-9-22-17(4)19(16(3)20-22)27(23,24)21-7-10-25-11-8-21/h5-6,13H,7-12H2,1-4H3. The maximum absolute atomic E-state index is 13.0. The number of aromatic nitrogens is 2. The summed E-state index contributed by atoms with van der Waals surface area (Å²) >= 11 is 0. The Balaban J connectivity index is 1.74. The van der Waals surface area contributed by atoms with E-state index in [2.05, 4.69) is 5.10 Å². The van der Waals surface area contributed by atoms with Gasteiger partial charge in [0, 0.05) is 13.1 Å². The molecule has 7 nitrogen and oxygen atoms in total. The highest BCUT2D eigenvalue weighted by Crippen LogP contribution is 2.24. The molecule has 1 aromatic carbocycles. The minimum atomic E-state index is -3.56. The van der Waals surface area contributed by atoms with Gasteiger partial charge >= 0.3 is 0 Å². The van der Waals surface area contributed by atoms with Crippen LogP contribution in [-0.4, -0.2) is 55.4 Å². The number of aryl methyl sites for hydroxylation is 3. The molecule has 2 aromatic rings. The van der Waals surface area contributed by atoms with Crippen LogP contribution in [-0.2, 0) is 21.3 Å². The fraction of sp³-hybridized carbons (Fsp3) is 0.526. The predicted octanol–water partition coefficient (Wildman–Crippen LogP) is 2.22. The van der Waals surface area contributed by atoms with Gasteiger partial charge in [-0.2, -0.15) is 9.40 Å². The Bertz CT molecular complexity index is 915. The molecule has 1 fully saturated rings.